The lowest BCUT2D eigenvalue weighted by Crippen LogP contribution is -2.56. The highest BCUT2D eigenvalue weighted by Gasteiger charge is 2.60. The molecule has 2 saturated carbocycles. The molecule has 0 radical (unpaired) electrons. The highest BCUT2D eigenvalue weighted by molar-refractivity contribution is 5.79. The zero-order valence-electron chi connectivity index (χ0n) is 14.8. The summed E-state index contributed by atoms with van der Waals surface area (Å²) >= 11 is 0. The van der Waals surface area contributed by atoms with E-state index in [-0.39, 0.29) is 22.8 Å². The Morgan fingerprint density at radius 3 is 2.74 bits per heavy atom. The van der Waals surface area contributed by atoms with Crippen LogP contribution in [0.4, 0.5) is 0 Å². The van der Waals surface area contributed by atoms with Gasteiger partial charge in [-0.3, -0.25) is 4.79 Å². The van der Waals surface area contributed by atoms with Gasteiger partial charge in [0.15, 0.2) is 0 Å². The molecule has 3 fully saturated rings. The number of allylic oxidation sites excluding steroid dienone is 2. The molecule has 1 aliphatic heterocycles. The molecule has 4 rings (SSSR count). The number of carbonyl (C=O) groups excluding carboxylic acids is 1. The highest BCUT2D eigenvalue weighted by Crippen LogP contribution is 2.65. The second-order valence-corrected chi connectivity index (χ2v) is 9.05. The van der Waals surface area contributed by atoms with Crippen molar-refractivity contribution in [1.82, 2.24) is 5.32 Å². The van der Waals surface area contributed by atoms with Crippen molar-refractivity contribution < 1.29 is 9.90 Å². The summed E-state index contributed by atoms with van der Waals surface area (Å²) in [5.74, 6) is 2.74. The molecule has 2 N–H and O–H groups in total. The molecule has 1 saturated heterocycles. The van der Waals surface area contributed by atoms with Crippen molar-refractivity contribution in [3.05, 3.63) is 11.8 Å². The first-order chi connectivity index (χ1) is 10.9. The summed E-state index contributed by atoms with van der Waals surface area (Å²) in [4.78, 5) is 11.9. The summed E-state index contributed by atoms with van der Waals surface area (Å²) in [6.07, 6.45) is 9.59. The van der Waals surface area contributed by atoms with Gasteiger partial charge in [0.2, 0.25) is 5.91 Å². The van der Waals surface area contributed by atoms with Crippen molar-refractivity contribution in [3.8, 4) is 0 Å². The van der Waals surface area contributed by atoms with Gasteiger partial charge in [-0.2, -0.15) is 0 Å². The Morgan fingerprint density at radius 2 is 2.00 bits per heavy atom. The van der Waals surface area contributed by atoms with Crippen molar-refractivity contribution in [3.63, 3.8) is 0 Å². The summed E-state index contributed by atoms with van der Waals surface area (Å²) in [7, 11) is 0. The minimum atomic E-state index is -0.116. The fourth-order valence-corrected chi connectivity index (χ4v) is 6.70. The van der Waals surface area contributed by atoms with E-state index in [1.54, 1.807) is 0 Å². The molecule has 3 aliphatic carbocycles. The number of rotatable bonds is 1. The van der Waals surface area contributed by atoms with Gasteiger partial charge in [0, 0.05) is 17.5 Å². The third kappa shape index (κ3) is 2.01. The Hall–Kier alpha value is -0.830. The van der Waals surface area contributed by atoms with Crippen LogP contribution in [-0.2, 0) is 4.79 Å². The number of fused-ring (bicyclic) bond motifs is 5. The molecular weight excluding hydrogens is 286 g/mol. The third-order valence-electron chi connectivity index (χ3n) is 8.21. The quantitative estimate of drug-likeness (QED) is 0.776. The van der Waals surface area contributed by atoms with E-state index in [2.05, 4.69) is 32.2 Å². The Labute approximate surface area is 139 Å². The number of nitrogens with one attached hydrogen (secondary N) is 1. The Morgan fingerprint density at radius 1 is 1.22 bits per heavy atom. The van der Waals surface area contributed by atoms with Crippen LogP contribution in [0, 0.1) is 34.5 Å². The molecule has 1 amide bonds. The molecule has 3 nitrogen and oxygen atoms in total. The van der Waals surface area contributed by atoms with Crippen LogP contribution in [0.25, 0.3) is 0 Å². The number of carbonyl (C=O) groups is 1. The summed E-state index contributed by atoms with van der Waals surface area (Å²) in [5, 5.41) is 13.8. The maximum atomic E-state index is 11.9. The predicted molar refractivity (Wildman–Crippen MR) is 90.4 cm³/mol. The van der Waals surface area contributed by atoms with Crippen LogP contribution in [0.3, 0.4) is 0 Å². The van der Waals surface area contributed by atoms with Crippen LogP contribution < -0.4 is 5.32 Å². The lowest BCUT2D eigenvalue weighted by Gasteiger charge is -2.59. The smallest absolute Gasteiger partial charge is 0.224 e. The van der Waals surface area contributed by atoms with Gasteiger partial charge in [0.1, 0.15) is 0 Å². The third-order valence-corrected chi connectivity index (χ3v) is 8.21. The summed E-state index contributed by atoms with van der Waals surface area (Å²) in [5.41, 5.74) is 1.47. The summed E-state index contributed by atoms with van der Waals surface area (Å²) in [6.45, 7) is 7.00. The predicted octanol–water partition coefficient (Wildman–Crippen LogP) is 3.63. The molecule has 0 aromatic heterocycles. The summed E-state index contributed by atoms with van der Waals surface area (Å²) < 4.78 is 0. The zero-order chi connectivity index (χ0) is 16.4. The van der Waals surface area contributed by atoms with E-state index >= 15 is 0 Å². The average Bonchev–Trinajstić information content (AvgIpc) is 2.83. The van der Waals surface area contributed by atoms with E-state index in [0.29, 0.717) is 30.1 Å². The average molecular weight is 317 g/mol. The van der Waals surface area contributed by atoms with E-state index in [1.807, 2.05) is 0 Å². The van der Waals surface area contributed by atoms with Gasteiger partial charge >= 0.3 is 0 Å². The van der Waals surface area contributed by atoms with Crippen LogP contribution >= 0.6 is 0 Å². The van der Waals surface area contributed by atoms with E-state index in [0.717, 1.165) is 25.7 Å². The molecule has 4 aliphatic rings. The normalized spacial score (nSPS) is 52.1. The van der Waals surface area contributed by atoms with Gasteiger partial charge in [-0.15, -0.1) is 0 Å². The number of aliphatic hydroxyl groups is 1. The van der Waals surface area contributed by atoms with Gasteiger partial charge in [0.05, 0.1) is 6.10 Å². The van der Waals surface area contributed by atoms with Crippen LogP contribution in [0.1, 0.15) is 65.7 Å². The second-order valence-electron chi connectivity index (χ2n) is 9.05. The maximum absolute atomic E-state index is 11.9. The molecule has 0 aromatic carbocycles. The maximum Gasteiger partial charge on any atom is 0.224 e. The van der Waals surface area contributed by atoms with Crippen molar-refractivity contribution in [1.29, 1.82) is 0 Å². The fourth-order valence-electron chi connectivity index (χ4n) is 6.70. The topological polar surface area (TPSA) is 49.3 Å². The van der Waals surface area contributed by atoms with Crippen molar-refractivity contribution in [2.45, 2.75) is 71.8 Å². The Bertz CT molecular complexity index is 556. The number of piperidine rings is 1. The first-order valence-electron chi connectivity index (χ1n) is 9.60. The Kier molecular flexibility index (Phi) is 3.46. The first-order valence-corrected chi connectivity index (χ1v) is 9.60. The van der Waals surface area contributed by atoms with Gasteiger partial charge in [-0.25, -0.2) is 0 Å². The molecule has 0 bridgehead atoms. The van der Waals surface area contributed by atoms with E-state index in [1.165, 1.54) is 18.5 Å². The molecule has 128 valence electrons. The largest absolute Gasteiger partial charge is 0.393 e. The van der Waals surface area contributed by atoms with Crippen LogP contribution in [0.5, 0.6) is 0 Å². The van der Waals surface area contributed by atoms with Gasteiger partial charge in [0.25, 0.3) is 0 Å². The van der Waals surface area contributed by atoms with Gasteiger partial charge < -0.3 is 10.4 Å². The number of hydrogen-bond acceptors (Lipinski definition) is 2. The molecule has 7 atom stereocenters. The standard InChI is InChI=1S/C20H31NO2/c1-4-12-11-15-19(2,10-8-17(23)21-15)14-7-9-20(3)13(18(12)14)5-6-16(20)22/h11-14,16,18,22H,4-10H2,1-3H3,(H,21,23)/t12?,13-,14+,16?,18-,19+,20-/m0/s1. The van der Waals surface area contributed by atoms with Crippen LogP contribution in [-0.4, -0.2) is 17.1 Å². The first kappa shape index (κ1) is 15.7. The molecule has 0 aromatic rings. The van der Waals surface area contributed by atoms with Crippen molar-refractivity contribution >= 4 is 5.91 Å². The monoisotopic (exact) mass is 317 g/mol. The van der Waals surface area contributed by atoms with E-state index in [9.17, 15) is 9.90 Å². The minimum Gasteiger partial charge on any atom is -0.393 e. The van der Waals surface area contributed by atoms with Crippen molar-refractivity contribution in [2.75, 3.05) is 0 Å². The molecular formula is C20H31NO2. The molecule has 23 heavy (non-hydrogen) atoms. The van der Waals surface area contributed by atoms with Gasteiger partial charge in [-0.1, -0.05) is 26.8 Å². The van der Waals surface area contributed by atoms with Gasteiger partial charge in [-0.05, 0) is 67.6 Å². The highest BCUT2D eigenvalue weighted by atomic mass is 16.3. The fraction of sp³-hybridized carbons (Fsp3) is 0.850. The second kappa shape index (κ2) is 5.08. The minimum absolute atomic E-state index is 0.116. The number of amides is 1. The molecule has 2 unspecified atom stereocenters. The lowest BCUT2D eigenvalue weighted by molar-refractivity contribution is -0.126. The van der Waals surface area contributed by atoms with E-state index in [4.69, 9.17) is 0 Å². The zero-order valence-corrected chi connectivity index (χ0v) is 14.8. The van der Waals surface area contributed by atoms with Crippen LogP contribution in [0.2, 0.25) is 0 Å². The van der Waals surface area contributed by atoms with Crippen molar-refractivity contribution in [2.24, 2.45) is 34.5 Å². The van der Waals surface area contributed by atoms with Crippen LogP contribution in [0.15, 0.2) is 11.8 Å². The molecule has 3 heteroatoms. The number of aliphatic hydroxyl groups excluding tert-OH is 1. The van der Waals surface area contributed by atoms with E-state index < -0.39 is 0 Å². The number of hydrogen-bond donors (Lipinski definition) is 2. The summed E-state index contributed by atoms with van der Waals surface area (Å²) in [6, 6.07) is 0. The molecule has 0 spiro atoms. The molecule has 1 heterocycles. The Balaban J connectivity index is 1.76. The SMILES string of the molecule is CCC1C=C2NC(=O)CC[C@]2(C)[C@@H]2CC[C@]3(C)C(O)CC[C@H]3[C@H]12. The lowest BCUT2D eigenvalue weighted by atomic mass is 9.47.